The number of methoxy groups -OCH3 is 1. The molecular weight excluding hydrogens is 576 g/mol. The van der Waals surface area contributed by atoms with E-state index in [0.29, 0.717) is 16.9 Å². The second-order valence-corrected chi connectivity index (χ2v) is 12.6. The van der Waals surface area contributed by atoms with Crippen molar-refractivity contribution in [1.29, 1.82) is 0 Å². The first-order valence-electron chi connectivity index (χ1n) is 13.0. The van der Waals surface area contributed by atoms with E-state index in [0.717, 1.165) is 18.4 Å². The number of amides is 4. The summed E-state index contributed by atoms with van der Waals surface area (Å²) in [6.07, 6.45) is -1.64. The fraction of sp³-hybridized carbons (Fsp3) is 0.462. The molecule has 15 heteroatoms. The van der Waals surface area contributed by atoms with Gasteiger partial charge in [0.1, 0.15) is 5.00 Å². The highest BCUT2D eigenvalue weighted by atomic mass is 32.2. The highest BCUT2D eigenvalue weighted by molar-refractivity contribution is 7.89. The largest absolute Gasteiger partial charge is 0.453 e. The van der Waals surface area contributed by atoms with Gasteiger partial charge in [0, 0.05) is 30.1 Å². The van der Waals surface area contributed by atoms with Gasteiger partial charge in [-0.05, 0) is 57.0 Å². The Kier molecular flexibility index (Phi) is 9.31. The monoisotopic (exact) mass is 608 g/mol. The van der Waals surface area contributed by atoms with Crippen LogP contribution in [0.4, 0.5) is 14.6 Å². The lowest BCUT2D eigenvalue weighted by atomic mass is 10.0. The fourth-order valence-corrected chi connectivity index (χ4v) is 7.58. The molecule has 4 amide bonds. The molecule has 0 spiro atoms. The van der Waals surface area contributed by atoms with Gasteiger partial charge in [0.15, 0.2) is 0 Å². The number of sulfonamides is 1. The van der Waals surface area contributed by atoms with Crippen LogP contribution in [0.15, 0.2) is 29.2 Å². The minimum Gasteiger partial charge on any atom is -0.453 e. The molecule has 2 unspecified atom stereocenters. The number of nitrogens with one attached hydrogen (secondary N) is 2. The number of rotatable bonds is 6. The molecule has 1 aromatic carbocycles. The van der Waals surface area contributed by atoms with Crippen LogP contribution in [0.1, 0.15) is 51.9 Å². The second-order valence-electron chi connectivity index (χ2n) is 9.58. The number of morpholine rings is 1. The number of fused-ring (bicyclic) bond motifs is 1. The first-order valence-corrected chi connectivity index (χ1v) is 15.2. The molecule has 41 heavy (non-hydrogen) atoms. The van der Waals surface area contributed by atoms with Gasteiger partial charge in [-0.15, -0.1) is 11.3 Å². The van der Waals surface area contributed by atoms with Gasteiger partial charge in [0.25, 0.3) is 11.8 Å². The first kappa shape index (κ1) is 30.4. The molecule has 2 N–H and O–H groups in total. The summed E-state index contributed by atoms with van der Waals surface area (Å²) in [5, 5.41) is 5.02. The van der Waals surface area contributed by atoms with E-state index in [-0.39, 0.29) is 66.0 Å². The minimum absolute atomic E-state index is 0.0409. The maximum absolute atomic E-state index is 13.2. The standard InChI is InChI=1S/C26H32N4O9S2/c1-5-38-26(34)29-11-10-19-20(14-29)40-24(21(19)23(32)28-25(33)37-4)27-22(31)17-6-8-18(9-7-17)41(35,36)30-12-15(2)39-16(3)13-30/h6-9,15-16H,5,10-14H2,1-4H3,(H,27,31)(H,28,32,33). The zero-order chi connectivity index (χ0) is 29.9. The van der Waals surface area contributed by atoms with E-state index in [2.05, 4.69) is 15.4 Å². The van der Waals surface area contributed by atoms with E-state index in [1.54, 1.807) is 6.92 Å². The smallest absolute Gasteiger partial charge is 0.413 e. The van der Waals surface area contributed by atoms with Crippen LogP contribution in [0.2, 0.25) is 0 Å². The lowest BCUT2D eigenvalue weighted by Crippen LogP contribution is -2.48. The summed E-state index contributed by atoms with van der Waals surface area (Å²) in [7, 11) is -2.67. The third-order valence-corrected chi connectivity index (χ3v) is 9.56. The number of imide groups is 1. The molecule has 1 fully saturated rings. The van der Waals surface area contributed by atoms with E-state index in [1.807, 2.05) is 13.8 Å². The maximum Gasteiger partial charge on any atom is 0.413 e. The number of ether oxygens (including phenoxy) is 3. The summed E-state index contributed by atoms with van der Waals surface area (Å²) in [4.78, 5) is 52.4. The SMILES string of the molecule is CCOC(=O)N1CCc2c(sc(NC(=O)c3ccc(S(=O)(=O)N4CC(C)OC(C)C4)cc3)c2C(=O)NC(=O)OC)C1. The lowest BCUT2D eigenvalue weighted by molar-refractivity contribution is -0.0440. The lowest BCUT2D eigenvalue weighted by Gasteiger charge is -2.34. The molecule has 1 aromatic heterocycles. The van der Waals surface area contributed by atoms with Crippen LogP contribution in [0.3, 0.4) is 0 Å². The van der Waals surface area contributed by atoms with Crippen molar-refractivity contribution in [2.24, 2.45) is 0 Å². The molecular formula is C26H32N4O9S2. The third kappa shape index (κ3) is 6.69. The Morgan fingerprint density at radius 1 is 1.07 bits per heavy atom. The van der Waals surface area contributed by atoms with E-state index >= 15 is 0 Å². The summed E-state index contributed by atoms with van der Waals surface area (Å²) < 4.78 is 42.9. The molecule has 4 rings (SSSR count). The van der Waals surface area contributed by atoms with Gasteiger partial charge >= 0.3 is 12.2 Å². The average Bonchev–Trinajstić information content (AvgIpc) is 3.29. The molecule has 2 atom stereocenters. The number of carbonyl (C=O) groups is 4. The molecule has 2 aliphatic heterocycles. The molecule has 0 bridgehead atoms. The number of anilines is 1. The first-order chi connectivity index (χ1) is 19.4. The van der Waals surface area contributed by atoms with Gasteiger partial charge in [0.2, 0.25) is 10.0 Å². The molecule has 2 aliphatic rings. The Morgan fingerprint density at radius 3 is 2.34 bits per heavy atom. The molecule has 3 heterocycles. The van der Waals surface area contributed by atoms with Gasteiger partial charge in [-0.25, -0.2) is 18.0 Å². The molecule has 0 saturated carbocycles. The van der Waals surface area contributed by atoms with Gasteiger partial charge in [-0.3, -0.25) is 14.9 Å². The van der Waals surface area contributed by atoms with Crippen molar-refractivity contribution in [2.45, 2.75) is 50.8 Å². The zero-order valence-corrected chi connectivity index (χ0v) is 24.7. The third-order valence-electron chi connectivity index (χ3n) is 6.58. The van der Waals surface area contributed by atoms with E-state index < -0.39 is 34.0 Å². The summed E-state index contributed by atoms with van der Waals surface area (Å²) in [5.74, 6) is -1.35. The minimum atomic E-state index is -3.80. The zero-order valence-electron chi connectivity index (χ0n) is 23.1. The topological polar surface area (TPSA) is 161 Å². The number of hydrogen-bond donors (Lipinski definition) is 2. The summed E-state index contributed by atoms with van der Waals surface area (Å²) in [5.41, 5.74) is 0.858. The van der Waals surface area contributed by atoms with Crippen LogP contribution in [-0.2, 0) is 37.2 Å². The molecule has 0 radical (unpaired) electrons. The number of benzene rings is 1. The van der Waals surface area contributed by atoms with Crippen molar-refractivity contribution in [3.05, 3.63) is 45.8 Å². The van der Waals surface area contributed by atoms with Crippen molar-refractivity contribution in [3.8, 4) is 0 Å². The van der Waals surface area contributed by atoms with Crippen LogP contribution in [0.25, 0.3) is 0 Å². The predicted octanol–water partition coefficient (Wildman–Crippen LogP) is 2.81. The van der Waals surface area contributed by atoms with Gasteiger partial charge in [0.05, 0.1) is 42.9 Å². The van der Waals surface area contributed by atoms with Crippen LogP contribution in [-0.4, -0.2) is 87.2 Å². The summed E-state index contributed by atoms with van der Waals surface area (Å²) in [6.45, 7) is 6.43. The van der Waals surface area contributed by atoms with Crippen LogP contribution in [0.5, 0.6) is 0 Å². The molecule has 0 aliphatic carbocycles. The number of alkyl carbamates (subject to hydrolysis) is 1. The molecule has 13 nitrogen and oxygen atoms in total. The van der Waals surface area contributed by atoms with Crippen molar-refractivity contribution >= 4 is 50.4 Å². The van der Waals surface area contributed by atoms with Gasteiger partial charge in [-0.2, -0.15) is 4.31 Å². The second kappa shape index (κ2) is 12.5. The normalized spacial score (nSPS) is 19.2. The Labute approximate surface area is 241 Å². The predicted molar refractivity (Wildman–Crippen MR) is 148 cm³/mol. The summed E-state index contributed by atoms with van der Waals surface area (Å²) >= 11 is 1.11. The Balaban J connectivity index is 1.57. The highest BCUT2D eigenvalue weighted by Crippen LogP contribution is 2.37. The van der Waals surface area contributed by atoms with E-state index in [4.69, 9.17) is 9.47 Å². The fourth-order valence-electron chi connectivity index (χ4n) is 4.74. The Morgan fingerprint density at radius 2 is 1.73 bits per heavy atom. The quantitative estimate of drug-likeness (QED) is 0.503. The van der Waals surface area contributed by atoms with Gasteiger partial charge in [-0.1, -0.05) is 0 Å². The van der Waals surface area contributed by atoms with Crippen molar-refractivity contribution in [3.63, 3.8) is 0 Å². The Bertz CT molecular complexity index is 1430. The highest BCUT2D eigenvalue weighted by Gasteiger charge is 2.33. The summed E-state index contributed by atoms with van der Waals surface area (Å²) in [6, 6.07) is 5.49. The Hall–Kier alpha value is -3.53. The van der Waals surface area contributed by atoms with Crippen molar-refractivity contribution in [1.82, 2.24) is 14.5 Å². The average molecular weight is 609 g/mol. The number of hydrogen-bond acceptors (Lipinski definition) is 10. The van der Waals surface area contributed by atoms with Crippen LogP contribution >= 0.6 is 11.3 Å². The van der Waals surface area contributed by atoms with Crippen LogP contribution in [0, 0.1) is 0 Å². The molecule has 222 valence electrons. The van der Waals surface area contributed by atoms with Crippen molar-refractivity contribution in [2.75, 3.05) is 38.7 Å². The van der Waals surface area contributed by atoms with Crippen molar-refractivity contribution < 1.29 is 41.8 Å². The molecule has 1 saturated heterocycles. The van der Waals surface area contributed by atoms with Crippen LogP contribution < -0.4 is 10.6 Å². The number of thiophene rings is 1. The van der Waals surface area contributed by atoms with E-state index in [9.17, 15) is 27.6 Å². The molecule has 2 aromatic rings. The van der Waals surface area contributed by atoms with Gasteiger partial charge < -0.3 is 24.4 Å². The number of carbonyl (C=O) groups excluding carboxylic acids is 4. The number of nitrogens with zero attached hydrogens (tertiary/aromatic N) is 2. The maximum atomic E-state index is 13.2. The van der Waals surface area contributed by atoms with E-state index in [1.165, 1.54) is 33.5 Å².